The lowest BCUT2D eigenvalue weighted by Crippen LogP contribution is -2.49. The van der Waals surface area contributed by atoms with Crippen molar-refractivity contribution in [2.75, 3.05) is 5.33 Å². The Labute approximate surface area is 143 Å². The minimum atomic E-state index is -0.723. The number of fused-ring (bicyclic) bond motifs is 1. The van der Waals surface area contributed by atoms with Crippen molar-refractivity contribution in [1.82, 2.24) is 5.32 Å². The smallest absolute Gasteiger partial charge is 0.221 e. The number of nitrogens with one attached hydrogen (secondary N) is 1. The average Bonchev–Trinajstić information content (AvgIpc) is 2.58. The summed E-state index contributed by atoms with van der Waals surface area (Å²) in [6.07, 6.45) is -0.217. The maximum absolute atomic E-state index is 12.8. The van der Waals surface area contributed by atoms with Crippen LogP contribution in [0, 0.1) is 0 Å². The van der Waals surface area contributed by atoms with Crippen molar-refractivity contribution in [3.05, 3.63) is 65.7 Å². The van der Waals surface area contributed by atoms with Gasteiger partial charge in [0.05, 0.1) is 5.56 Å². The van der Waals surface area contributed by atoms with Crippen molar-refractivity contribution < 1.29 is 14.3 Å². The molecule has 118 valence electrons. The van der Waals surface area contributed by atoms with Crippen LogP contribution >= 0.6 is 15.9 Å². The number of para-hydroxylation sites is 1. The molecule has 0 radical (unpaired) electrons. The number of amides is 1. The van der Waals surface area contributed by atoms with Gasteiger partial charge in [0.25, 0.3) is 0 Å². The van der Waals surface area contributed by atoms with Crippen molar-refractivity contribution >= 4 is 27.6 Å². The molecule has 2 atom stereocenters. The highest BCUT2D eigenvalue weighted by atomic mass is 79.9. The molecule has 0 aliphatic carbocycles. The molecule has 1 N–H and O–H groups in total. The van der Waals surface area contributed by atoms with Gasteiger partial charge in [-0.05, 0) is 17.7 Å². The molecule has 2 aromatic carbocycles. The number of carbonyl (C=O) groups excluding carboxylic acids is 2. The summed E-state index contributed by atoms with van der Waals surface area (Å²) in [5, 5.41) is 3.36. The summed E-state index contributed by atoms with van der Waals surface area (Å²) in [4.78, 5) is 24.8. The fourth-order valence-corrected chi connectivity index (χ4v) is 3.02. The lowest BCUT2D eigenvalue weighted by Gasteiger charge is -2.33. The Balaban J connectivity index is 1.97. The molecule has 0 fully saturated rings. The number of ketones is 1. The Morgan fingerprint density at radius 3 is 2.52 bits per heavy atom. The number of hydrogen-bond donors (Lipinski definition) is 1. The van der Waals surface area contributed by atoms with E-state index in [4.69, 9.17) is 4.74 Å². The third-order valence-electron chi connectivity index (χ3n) is 3.76. The molecule has 0 saturated carbocycles. The summed E-state index contributed by atoms with van der Waals surface area (Å²) in [6, 6.07) is 15.9. The molecule has 1 aliphatic heterocycles. The van der Waals surface area contributed by atoms with Crippen LogP contribution in [0.25, 0.3) is 0 Å². The molecule has 1 aliphatic rings. The number of carbonyl (C=O) groups is 2. The first kappa shape index (κ1) is 15.7. The summed E-state index contributed by atoms with van der Waals surface area (Å²) in [7, 11) is 0. The van der Waals surface area contributed by atoms with Crippen molar-refractivity contribution in [3.8, 4) is 5.75 Å². The molecular formula is C18H16BrNO3. The van der Waals surface area contributed by atoms with E-state index in [0.29, 0.717) is 23.1 Å². The minimum absolute atomic E-state index is 0.122. The van der Waals surface area contributed by atoms with Crippen LogP contribution in [0.3, 0.4) is 0 Å². The van der Waals surface area contributed by atoms with Crippen LogP contribution in [-0.2, 0) is 4.79 Å². The monoisotopic (exact) mass is 373 g/mol. The first-order valence-electron chi connectivity index (χ1n) is 7.41. The molecule has 5 heteroatoms. The van der Waals surface area contributed by atoms with E-state index in [1.807, 2.05) is 36.4 Å². The molecule has 0 spiro atoms. The number of ether oxygens (including phenoxy) is 1. The molecule has 2 aromatic rings. The lowest BCUT2D eigenvalue weighted by molar-refractivity contribution is -0.121. The van der Waals surface area contributed by atoms with E-state index in [2.05, 4.69) is 21.2 Å². The molecule has 4 nitrogen and oxygen atoms in total. The number of hydrogen-bond acceptors (Lipinski definition) is 3. The van der Waals surface area contributed by atoms with E-state index in [9.17, 15) is 9.59 Å². The summed E-state index contributed by atoms with van der Waals surface area (Å²) in [5.74, 6) is 0.255. The van der Waals surface area contributed by atoms with Gasteiger partial charge in [-0.2, -0.15) is 0 Å². The van der Waals surface area contributed by atoms with Gasteiger partial charge in [0.2, 0.25) is 5.91 Å². The molecule has 3 rings (SSSR count). The number of alkyl halides is 1. The van der Waals surface area contributed by atoms with Gasteiger partial charge in [-0.3, -0.25) is 9.59 Å². The van der Waals surface area contributed by atoms with Crippen LogP contribution in [0.2, 0.25) is 0 Å². The van der Waals surface area contributed by atoms with Crippen molar-refractivity contribution in [1.29, 1.82) is 0 Å². The highest BCUT2D eigenvalue weighted by Crippen LogP contribution is 2.35. The quantitative estimate of drug-likeness (QED) is 0.836. The maximum Gasteiger partial charge on any atom is 0.221 e. The molecule has 0 unspecified atom stereocenters. The van der Waals surface area contributed by atoms with Crippen molar-refractivity contribution in [3.63, 3.8) is 0 Å². The largest absolute Gasteiger partial charge is 0.482 e. The van der Waals surface area contributed by atoms with Crippen molar-refractivity contribution in [2.24, 2.45) is 0 Å². The zero-order valence-electron chi connectivity index (χ0n) is 12.4. The molecular weight excluding hydrogens is 358 g/mol. The number of Topliss-reactive ketones (excluding diaryl/α,β-unsaturated/α-hetero) is 1. The maximum atomic E-state index is 12.8. The predicted molar refractivity (Wildman–Crippen MR) is 90.9 cm³/mol. The number of benzene rings is 2. The molecule has 1 heterocycles. The van der Waals surface area contributed by atoms with Crippen LogP contribution in [-0.4, -0.2) is 23.1 Å². The van der Waals surface area contributed by atoms with Gasteiger partial charge in [-0.15, -0.1) is 0 Å². The predicted octanol–water partition coefficient (Wildman–Crippen LogP) is 3.27. The highest BCUT2D eigenvalue weighted by molar-refractivity contribution is 9.09. The Kier molecular flexibility index (Phi) is 4.76. The van der Waals surface area contributed by atoms with E-state index >= 15 is 0 Å². The van der Waals surface area contributed by atoms with Gasteiger partial charge < -0.3 is 10.1 Å². The van der Waals surface area contributed by atoms with Crippen LogP contribution < -0.4 is 10.1 Å². The Bertz CT molecular complexity index is 717. The van der Waals surface area contributed by atoms with Crippen LogP contribution in [0.5, 0.6) is 5.75 Å². The van der Waals surface area contributed by atoms with Gasteiger partial charge >= 0.3 is 0 Å². The Morgan fingerprint density at radius 2 is 1.78 bits per heavy atom. The van der Waals surface area contributed by atoms with Gasteiger partial charge in [-0.25, -0.2) is 0 Å². The SMILES string of the molecule is O=C(CCBr)N[C@H]1C(=O)c2ccccc2O[C@H]1c1ccccc1. The van der Waals surface area contributed by atoms with Crippen LogP contribution in [0.15, 0.2) is 54.6 Å². The summed E-state index contributed by atoms with van der Waals surface area (Å²) in [6.45, 7) is 0. The number of rotatable bonds is 4. The lowest BCUT2D eigenvalue weighted by atomic mass is 9.91. The average molecular weight is 374 g/mol. The molecule has 23 heavy (non-hydrogen) atoms. The van der Waals surface area contributed by atoms with Gasteiger partial charge in [0.15, 0.2) is 11.9 Å². The van der Waals surface area contributed by atoms with E-state index in [0.717, 1.165) is 5.56 Å². The van der Waals surface area contributed by atoms with Gasteiger partial charge in [0.1, 0.15) is 11.8 Å². The Hall–Kier alpha value is -2.14. The molecule has 0 saturated heterocycles. The van der Waals surface area contributed by atoms with Crippen LogP contribution in [0.1, 0.15) is 28.4 Å². The third kappa shape index (κ3) is 3.29. The van der Waals surface area contributed by atoms with E-state index in [-0.39, 0.29) is 11.7 Å². The topological polar surface area (TPSA) is 55.4 Å². The molecule has 0 bridgehead atoms. The van der Waals surface area contributed by atoms with Gasteiger partial charge in [0, 0.05) is 11.8 Å². The highest BCUT2D eigenvalue weighted by Gasteiger charge is 2.38. The zero-order chi connectivity index (χ0) is 16.2. The second-order valence-electron chi connectivity index (χ2n) is 5.29. The first-order chi connectivity index (χ1) is 11.2. The third-order valence-corrected chi connectivity index (χ3v) is 4.15. The van der Waals surface area contributed by atoms with Gasteiger partial charge in [-0.1, -0.05) is 58.4 Å². The Morgan fingerprint density at radius 1 is 1.09 bits per heavy atom. The fourth-order valence-electron chi connectivity index (χ4n) is 2.66. The summed E-state index contributed by atoms with van der Waals surface area (Å²) >= 11 is 3.24. The summed E-state index contributed by atoms with van der Waals surface area (Å²) < 4.78 is 6.03. The fraction of sp³-hybridized carbons (Fsp3) is 0.222. The standard InChI is InChI=1S/C18H16BrNO3/c19-11-10-15(21)20-16-17(22)13-8-4-5-9-14(13)23-18(16)12-6-2-1-3-7-12/h1-9,16,18H,10-11H2,(H,20,21)/t16-,18-/m0/s1. The van der Waals surface area contributed by atoms with Crippen molar-refractivity contribution in [2.45, 2.75) is 18.6 Å². The molecule has 0 aromatic heterocycles. The second-order valence-corrected chi connectivity index (χ2v) is 6.09. The van der Waals surface area contributed by atoms with E-state index in [1.54, 1.807) is 18.2 Å². The number of halogens is 1. The summed E-state index contributed by atoms with van der Waals surface area (Å²) in [5.41, 5.74) is 1.36. The first-order valence-corrected chi connectivity index (χ1v) is 8.53. The molecule has 1 amide bonds. The van der Waals surface area contributed by atoms with E-state index in [1.165, 1.54) is 0 Å². The minimum Gasteiger partial charge on any atom is -0.482 e. The normalized spacial score (nSPS) is 19.6. The van der Waals surface area contributed by atoms with E-state index < -0.39 is 12.1 Å². The second kappa shape index (κ2) is 6.96. The zero-order valence-corrected chi connectivity index (χ0v) is 14.0. The van der Waals surface area contributed by atoms with Crippen LogP contribution in [0.4, 0.5) is 0 Å².